The second kappa shape index (κ2) is 9.99. The SMILES string of the molecule is CCNC(=NCC1(SCC)CCOCC1)N1CCC2(CCOC2)C1.I. The predicted octanol–water partition coefficient (Wildman–Crippen LogP) is 2.98. The van der Waals surface area contributed by atoms with Crippen molar-refractivity contribution < 1.29 is 9.47 Å². The lowest BCUT2D eigenvalue weighted by Crippen LogP contribution is -2.43. The second-order valence-electron chi connectivity index (χ2n) is 7.37. The first-order chi connectivity index (χ1) is 11.7. The molecule has 7 heteroatoms. The van der Waals surface area contributed by atoms with Crippen LogP contribution in [0.2, 0.25) is 0 Å². The fourth-order valence-electron chi connectivity index (χ4n) is 4.13. The van der Waals surface area contributed by atoms with E-state index in [0.717, 1.165) is 77.2 Å². The van der Waals surface area contributed by atoms with Crippen molar-refractivity contribution in [3.05, 3.63) is 0 Å². The molecule has 1 atom stereocenters. The summed E-state index contributed by atoms with van der Waals surface area (Å²) in [5.41, 5.74) is 0.380. The van der Waals surface area contributed by atoms with Crippen LogP contribution in [0.1, 0.15) is 39.5 Å². The van der Waals surface area contributed by atoms with Gasteiger partial charge in [-0.1, -0.05) is 6.92 Å². The van der Waals surface area contributed by atoms with Gasteiger partial charge in [-0.2, -0.15) is 11.8 Å². The molecule has 0 saturated carbocycles. The van der Waals surface area contributed by atoms with Gasteiger partial charge >= 0.3 is 0 Å². The van der Waals surface area contributed by atoms with E-state index >= 15 is 0 Å². The summed E-state index contributed by atoms with van der Waals surface area (Å²) in [5, 5.41) is 3.52. The van der Waals surface area contributed by atoms with Crippen LogP contribution in [0.4, 0.5) is 0 Å². The third-order valence-electron chi connectivity index (χ3n) is 5.63. The van der Waals surface area contributed by atoms with Crippen molar-refractivity contribution in [3.8, 4) is 0 Å². The van der Waals surface area contributed by atoms with Crippen molar-refractivity contribution in [1.29, 1.82) is 0 Å². The molecule has 0 aliphatic carbocycles. The normalized spacial score (nSPS) is 29.0. The molecule has 25 heavy (non-hydrogen) atoms. The maximum absolute atomic E-state index is 5.67. The number of guanidine groups is 1. The van der Waals surface area contributed by atoms with E-state index in [1.807, 2.05) is 0 Å². The molecule has 1 spiro atoms. The highest BCUT2D eigenvalue weighted by atomic mass is 127. The summed E-state index contributed by atoms with van der Waals surface area (Å²) in [6.45, 7) is 12.0. The third-order valence-corrected chi connectivity index (χ3v) is 7.07. The highest BCUT2D eigenvalue weighted by molar-refractivity contribution is 14.0. The number of rotatable bonds is 5. The molecule has 3 rings (SSSR count). The van der Waals surface area contributed by atoms with E-state index in [0.29, 0.717) is 5.41 Å². The Morgan fingerprint density at radius 3 is 2.52 bits per heavy atom. The fourth-order valence-corrected chi connectivity index (χ4v) is 5.35. The number of thioether (sulfide) groups is 1. The van der Waals surface area contributed by atoms with Crippen LogP contribution in [-0.2, 0) is 9.47 Å². The molecule has 0 radical (unpaired) electrons. The van der Waals surface area contributed by atoms with Gasteiger partial charge in [0, 0.05) is 49.6 Å². The summed E-state index contributed by atoms with van der Waals surface area (Å²) >= 11 is 2.07. The minimum Gasteiger partial charge on any atom is -0.381 e. The molecule has 0 aromatic rings. The van der Waals surface area contributed by atoms with Gasteiger partial charge in [0.1, 0.15) is 0 Å². The summed E-state index contributed by atoms with van der Waals surface area (Å²) in [7, 11) is 0. The first-order valence-electron chi connectivity index (χ1n) is 9.54. The minimum atomic E-state index is 0. The third kappa shape index (κ3) is 5.39. The van der Waals surface area contributed by atoms with Gasteiger partial charge in [-0.3, -0.25) is 4.99 Å². The molecule has 0 bridgehead atoms. The number of halogens is 1. The molecular weight excluding hydrogens is 449 g/mol. The van der Waals surface area contributed by atoms with E-state index in [9.17, 15) is 0 Å². The van der Waals surface area contributed by atoms with E-state index in [-0.39, 0.29) is 28.7 Å². The van der Waals surface area contributed by atoms with Crippen LogP contribution in [-0.4, -0.2) is 74.0 Å². The van der Waals surface area contributed by atoms with Gasteiger partial charge in [-0.15, -0.1) is 24.0 Å². The molecule has 0 aromatic heterocycles. The van der Waals surface area contributed by atoms with Gasteiger partial charge in [0.2, 0.25) is 0 Å². The van der Waals surface area contributed by atoms with Gasteiger partial charge in [-0.05, 0) is 38.4 Å². The Morgan fingerprint density at radius 1 is 1.12 bits per heavy atom. The fraction of sp³-hybridized carbons (Fsp3) is 0.944. The Labute approximate surface area is 174 Å². The van der Waals surface area contributed by atoms with Crippen molar-refractivity contribution >= 4 is 41.7 Å². The monoisotopic (exact) mass is 483 g/mol. The highest BCUT2D eigenvalue weighted by Gasteiger charge is 2.42. The molecule has 1 unspecified atom stereocenters. The van der Waals surface area contributed by atoms with Crippen molar-refractivity contribution in [2.24, 2.45) is 10.4 Å². The predicted molar refractivity (Wildman–Crippen MR) is 116 cm³/mol. The largest absolute Gasteiger partial charge is 0.381 e. The molecule has 0 aromatic carbocycles. The zero-order chi connectivity index (χ0) is 16.9. The minimum absolute atomic E-state index is 0. The van der Waals surface area contributed by atoms with Crippen molar-refractivity contribution in [2.75, 3.05) is 58.4 Å². The molecule has 1 N–H and O–H groups in total. The van der Waals surface area contributed by atoms with Gasteiger partial charge in [0.05, 0.1) is 13.2 Å². The topological polar surface area (TPSA) is 46.1 Å². The number of nitrogens with zero attached hydrogens (tertiary/aromatic N) is 2. The van der Waals surface area contributed by atoms with Gasteiger partial charge < -0.3 is 19.7 Å². The zero-order valence-corrected chi connectivity index (χ0v) is 18.9. The van der Waals surface area contributed by atoms with Gasteiger partial charge in [0.15, 0.2) is 5.96 Å². The number of hydrogen-bond acceptors (Lipinski definition) is 4. The maximum atomic E-state index is 5.67. The number of likely N-dealkylation sites (tertiary alicyclic amines) is 1. The Hall–Kier alpha value is 0.270. The number of nitrogens with one attached hydrogen (secondary N) is 1. The molecule has 3 aliphatic rings. The summed E-state index contributed by atoms with van der Waals surface area (Å²) in [6, 6.07) is 0. The maximum Gasteiger partial charge on any atom is 0.193 e. The lowest BCUT2D eigenvalue weighted by molar-refractivity contribution is 0.0793. The quantitative estimate of drug-likeness (QED) is 0.370. The second-order valence-corrected chi connectivity index (χ2v) is 9.10. The smallest absolute Gasteiger partial charge is 0.193 e. The van der Waals surface area contributed by atoms with Crippen LogP contribution in [0.5, 0.6) is 0 Å². The molecule has 3 fully saturated rings. The molecule has 146 valence electrons. The summed E-state index contributed by atoms with van der Waals surface area (Å²) in [4.78, 5) is 7.54. The zero-order valence-electron chi connectivity index (χ0n) is 15.7. The molecule has 3 saturated heterocycles. The lowest BCUT2D eigenvalue weighted by atomic mass is 9.87. The van der Waals surface area contributed by atoms with Crippen molar-refractivity contribution in [3.63, 3.8) is 0 Å². The van der Waals surface area contributed by atoms with Crippen molar-refractivity contribution in [1.82, 2.24) is 10.2 Å². The van der Waals surface area contributed by atoms with E-state index in [1.165, 1.54) is 12.8 Å². The standard InChI is InChI=1S/C18H33N3O2S.HI/c1-3-19-16(21-9-5-17(14-21)6-10-23-15-17)20-13-18(24-4-2)7-11-22-12-8-18;/h3-15H2,1-2H3,(H,19,20);1H. The van der Waals surface area contributed by atoms with Crippen LogP contribution in [0, 0.1) is 5.41 Å². The first kappa shape index (κ1) is 21.6. The lowest BCUT2D eigenvalue weighted by Gasteiger charge is -2.35. The van der Waals surface area contributed by atoms with E-state index in [1.54, 1.807) is 0 Å². The number of aliphatic imine (C=N–C) groups is 1. The molecule has 5 nitrogen and oxygen atoms in total. The van der Waals surface area contributed by atoms with E-state index in [2.05, 4.69) is 35.8 Å². The van der Waals surface area contributed by atoms with Crippen molar-refractivity contribution in [2.45, 2.75) is 44.3 Å². The van der Waals surface area contributed by atoms with Crippen LogP contribution in [0.15, 0.2) is 4.99 Å². The van der Waals surface area contributed by atoms with Gasteiger partial charge in [0.25, 0.3) is 0 Å². The molecule has 0 amide bonds. The first-order valence-corrected chi connectivity index (χ1v) is 10.5. The highest BCUT2D eigenvalue weighted by Crippen LogP contribution is 2.39. The summed E-state index contributed by atoms with van der Waals surface area (Å²) in [5.74, 6) is 2.25. The van der Waals surface area contributed by atoms with E-state index in [4.69, 9.17) is 14.5 Å². The molecular formula is C18H34IN3O2S. The average Bonchev–Trinajstić information content (AvgIpc) is 3.23. The Bertz CT molecular complexity index is 433. The van der Waals surface area contributed by atoms with Crippen LogP contribution in [0.25, 0.3) is 0 Å². The van der Waals surface area contributed by atoms with Crippen LogP contribution >= 0.6 is 35.7 Å². The van der Waals surface area contributed by atoms with Gasteiger partial charge in [-0.25, -0.2) is 0 Å². The summed E-state index contributed by atoms with van der Waals surface area (Å²) < 4.78 is 11.5. The Balaban J connectivity index is 0.00000225. The Morgan fingerprint density at radius 2 is 1.88 bits per heavy atom. The van der Waals surface area contributed by atoms with E-state index < -0.39 is 0 Å². The number of hydrogen-bond donors (Lipinski definition) is 1. The summed E-state index contributed by atoms with van der Waals surface area (Å²) in [6.07, 6.45) is 4.67. The Kier molecular flexibility index (Phi) is 8.62. The van der Waals surface area contributed by atoms with Crippen LogP contribution < -0.4 is 5.32 Å². The molecule has 3 heterocycles. The van der Waals surface area contributed by atoms with Crippen LogP contribution in [0.3, 0.4) is 0 Å². The number of ether oxygens (including phenoxy) is 2. The average molecular weight is 483 g/mol. The molecule has 3 aliphatic heterocycles.